The third-order valence-electron chi connectivity index (χ3n) is 3.56. The molecular weight excluding hydrogens is 376 g/mol. The fraction of sp³-hybridized carbons (Fsp3) is 0.722. The second-order valence-corrected chi connectivity index (χ2v) is 9.21. The average molecular weight is 405 g/mol. The van der Waals surface area contributed by atoms with Crippen LogP contribution in [0.5, 0.6) is 0 Å². The van der Waals surface area contributed by atoms with Crippen molar-refractivity contribution >= 4 is 41.4 Å². The molecule has 0 aliphatic carbocycles. The number of esters is 3. The first-order valence-electron chi connectivity index (χ1n) is 8.68. The number of hydrogen-bond acceptors (Lipinski definition) is 8. The van der Waals surface area contributed by atoms with Crippen molar-refractivity contribution in [2.24, 2.45) is 0 Å². The van der Waals surface area contributed by atoms with Crippen LogP contribution < -0.4 is 0 Å². The van der Waals surface area contributed by atoms with Gasteiger partial charge in [-0.05, 0) is 13.3 Å². The molecule has 1 aliphatic rings. The molecule has 1 fully saturated rings. The molecule has 0 radical (unpaired) electrons. The summed E-state index contributed by atoms with van der Waals surface area (Å²) in [4.78, 5) is 34.7. The van der Waals surface area contributed by atoms with Crippen molar-refractivity contribution in [2.45, 2.75) is 56.6 Å². The van der Waals surface area contributed by atoms with Crippen molar-refractivity contribution in [3.63, 3.8) is 0 Å². The van der Waals surface area contributed by atoms with Crippen LogP contribution in [0.1, 0.15) is 40.0 Å². The molecular formula is C18H28O6S2. The Kier molecular flexibility index (Phi) is 10.8. The van der Waals surface area contributed by atoms with Gasteiger partial charge in [0.1, 0.15) is 19.3 Å². The van der Waals surface area contributed by atoms with Crippen LogP contribution in [0, 0.1) is 0 Å². The van der Waals surface area contributed by atoms with Gasteiger partial charge in [0, 0.05) is 27.6 Å². The predicted molar refractivity (Wildman–Crippen MR) is 104 cm³/mol. The Morgan fingerprint density at radius 3 is 2.08 bits per heavy atom. The highest BCUT2D eigenvalue weighted by atomic mass is 32.2. The van der Waals surface area contributed by atoms with E-state index < -0.39 is 11.9 Å². The molecule has 0 aromatic rings. The molecule has 1 saturated heterocycles. The normalized spacial score (nSPS) is 23.3. The lowest BCUT2D eigenvalue weighted by Gasteiger charge is -2.26. The van der Waals surface area contributed by atoms with Gasteiger partial charge in [-0.3, -0.25) is 9.59 Å². The highest BCUT2D eigenvalue weighted by molar-refractivity contribution is 8.01. The molecule has 0 spiro atoms. The topological polar surface area (TPSA) is 78.9 Å². The average Bonchev–Trinajstić information content (AvgIpc) is 2.57. The Morgan fingerprint density at radius 1 is 0.962 bits per heavy atom. The first-order valence-corrected chi connectivity index (χ1v) is 10.8. The van der Waals surface area contributed by atoms with Crippen LogP contribution in [0.3, 0.4) is 0 Å². The highest BCUT2D eigenvalue weighted by Gasteiger charge is 2.22. The minimum atomic E-state index is -0.525. The summed E-state index contributed by atoms with van der Waals surface area (Å²) in [6.45, 7) is 9.29. The third kappa shape index (κ3) is 10.1. The molecule has 1 rings (SSSR count). The highest BCUT2D eigenvalue weighted by Crippen LogP contribution is 2.29. The molecule has 0 aromatic carbocycles. The zero-order chi connectivity index (χ0) is 19.5. The Bertz CT molecular complexity index is 496. The summed E-state index contributed by atoms with van der Waals surface area (Å²) in [5, 5.41) is 1.10. The number of ether oxygens (including phenoxy) is 3. The van der Waals surface area contributed by atoms with E-state index in [-0.39, 0.29) is 43.7 Å². The molecule has 148 valence electrons. The van der Waals surface area contributed by atoms with E-state index in [9.17, 15) is 14.4 Å². The lowest BCUT2D eigenvalue weighted by molar-refractivity contribution is -0.154. The Morgan fingerprint density at radius 2 is 1.50 bits per heavy atom. The summed E-state index contributed by atoms with van der Waals surface area (Å²) in [5.74, 6) is 0.138. The van der Waals surface area contributed by atoms with Crippen LogP contribution >= 0.6 is 23.5 Å². The minimum Gasteiger partial charge on any atom is -0.462 e. The second kappa shape index (κ2) is 12.3. The number of hydrogen-bond donors (Lipinski definition) is 0. The quantitative estimate of drug-likeness (QED) is 0.264. The molecule has 0 aromatic heterocycles. The summed E-state index contributed by atoms with van der Waals surface area (Å²) >= 11 is 3.64. The van der Waals surface area contributed by atoms with E-state index >= 15 is 0 Å². The summed E-state index contributed by atoms with van der Waals surface area (Å²) in [5.41, 5.74) is 0.286. The maximum Gasteiger partial charge on any atom is 0.333 e. The maximum absolute atomic E-state index is 11.9. The summed E-state index contributed by atoms with van der Waals surface area (Å²) in [7, 11) is 0. The van der Waals surface area contributed by atoms with Crippen LogP contribution in [-0.4, -0.2) is 59.2 Å². The molecule has 8 heteroatoms. The first-order chi connectivity index (χ1) is 12.3. The summed E-state index contributed by atoms with van der Waals surface area (Å²) in [6.07, 6.45) is 0.970. The molecule has 0 bridgehead atoms. The summed E-state index contributed by atoms with van der Waals surface area (Å²) in [6, 6.07) is 0. The zero-order valence-corrected chi connectivity index (χ0v) is 17.3. The zero-order valence-electron chi connectivity index (χ0n) is 15.7. The predicted octanol–water partition coefficient (Wildman–Crippen LogP) is 2.99. The molecule has 6 nitrogen and oxygen atoms in total. The Hall–Kier alpha value is -1.15. The van der Waals surface area contributed by atoms with Gasteiger partial charge in [-0.1, -0.05) is 20.4 Å². The van der Waals surface area contributed by atoms with Gasteiger partial charge in [-0.25, -0.2) is 4.79 Å². The molecule has 0 saturated carbocycles. The summed E-state index contributed by atoms with van der Waals surface area (Å²) < 4.78 is 15.2. The lowest BCUT2D eigenvalue weighted by atomic mass is 10.3. The van der Waals surface area contributed by atoms with Crippen molar-refractivity contribution < 1.29 is 28.6 Å². The molecule has 26 heavy (non-hydrogen) atoms. The van der Waals surface area contributed by atoms with Crippen molar-refractivity contribution in [1.82, 2.24) is 0 Å². The molecule has 1 heterocycles. The van der Waals surface area contributed by atoms with E-state index in [0.717, 1.165) is 17.9 Å². The fourth-order valence-electron chi connectivity index (χ4n) is 2.20. The number of rotatable bonds is 8. The number of carbonyl (C=O) groups excluding carboxylic acids is 3. The van der Waals surface area contributed by atoms with Gasteiger partial charge < -0.3 is 14.2 Å². The second-order valence-electron chi connectivity index (χ2n) is 6.27. The van der Waals surface area contributed by atoms with E-state index in [4.69, 9.17) is 14.2 Å². The Balaban J connectivity index is 2.19. The van der Waals surface area contributed by atoms with Crippen LogP contribution in [0.15, 0.2) is 12.2 Å². The largest absolute Gasteiger partial charge is 0.462 e. The number of carbonyl (C=O) groups is 3. The Labute approximate surface area is 163 Å². The van der Waals surface area contributed by atoms with Gasteiger partial charge in [-0.2, -0.15) is 23.5 Å². The van der Waals surface area contributed by atoms with Gasteiger partial charge in [0.15, 0.2) is 0 Å². The van der Waals surface area contributed by atoms with Gasteiger partial charge in [0.05, 0.1) is 12.8 Å². The van der Waals surface area contributed by atoms with Crippen LogP contribution in [0.4, 0.5) is 0 Å². The first kappa shape index (κ1) is 22.9. The standard InChI is InChI=1S/C18H28O6S2/c1-12(2)18(21)23-8-7-22-16(19)5-6-17(20)24-15-10-25-13(3)9-14(4)26-11-15/h13-15H,1,5-11H2,2-4H3. The molecule has 1 aliphatic heterocycles. The lowest BCUT2D eigenvalue weighted by Crippen LogP contribution is -2.28. The van der Waals surface area contributed by atoms with Crippen LogP contribution in [0.25, 0.3) is 0 Å². The molecule has 2 atom stereocenters. The smallest absolute Gasteiger partial charge is 0.333 e. The monoisotopic (exact) mass is 404 g/mol. The number of thioether (sulfide) groups is 2. The van der Waals surface area contributed by atoms with E-state index in [1.807, 2.05) is 23.5 Å². The molecule has 2 unspecified atom stereocenters. The van der Waals surface area contributed by atoms with Gasteiger partial charge in [-0.15, -0.1) is 0 Å². The fourth-order valence-corrected chi connectivity index (χ4v) is 4.78. The van der Waals surface area contributed by atoms with Crippen LogP contribution in [-0.2, 0) is 28.6 Å². The van der Waals surface area contributed by atoms with Crippen molar-refractivity contribution in [2.75, 3.05) is 24.7 Å². The molecule has 0 amide bonds. The third-order valence-corrected chi connectivity index (χ3v) is 6.21. The van der Waals surface area contributed by atoms with E-state index in [1.165, 1.54) is 6.92 Å². The minimum absolute atomic E-state index is 0.0126. The SMILES string of the molecule is C=C(C)C(=O)OCCOC(=O)CCC(=O)OC1CSC(C)CC(C)SC1. The van der Waals surface area contributed by atoms with Crippen LogP contribution in [0.2, 0.25) is 0 Å². The molecule has 0 N–H and O–H groups in total. The van der Waals surface area contributed by atoms with Gasteiger partial charge >= 0.3 is 17.9 Å². The van der Waals surface area contributed by atoms with E-state index in [2.05, 4.69) is 20.4 Å². The van der Waals surface area contributed by atoms with Crippen molar-refractivity contribution in [1.29, 1.82) is 0 Å². The van der Waals surface area contributed by atoms with Gasteiger partial charge in [0.2, 0.25) is 0 Å². The van der Waals surface area contributed by atoms with Crippen molar-refractivity contribution in [3.8, 4) is 0 Å². The van der Waals surface area contributed by atoms with E-state index in [0.29, 0.717) is 10.5 Å². The van der Waals surface area contributed by atoms with Crippen molar-refractivity contribution in [3.05, 3.63) is 12.2 Å². The maximum atomic E-state index is 11.9. The van der Waals surface area contributed by atoms with E-state index in [1.54, 1.807) is 0 Å². The van der Waals surface area contributed by atoms with Gasteiger partial charge in [0.25, 0.3) is 0 Å².